The smallest absolute Gasteiger partial charge is 0.204 e. The molecule has 2 heterocycles. The summed E-state index contributed by atoms with van der Waals surface area (Å²) in [5.74, 6) is 1.76. The van der Waals surface area contributed by atoms with Crippen LogP contribution in [0, 0.1) is 17.8 Å². The van der Waals surface area contributed by atoms with E-state index in [-0.39, 0.29) is 5.66 Å². The van der Waals surface area contributed by atoms with Gasteiger partial charge >= 0.3 is 0 Å². The van der Waals surface area contributed by atoms with Gasteiger partial charge in [-0.15, -0.1) is 0 Å². The minimum absolute atomic E-state index is 0.140. The van der Waals surface area contributed by atoms with E-state index in [1.165, 1.54) is 0 Å². The van der Waals surface area contributed by atoms with E-state index >= 15 is 0 Å². The van der Waals surface area contributed by atoms with Gasteiger partial charge in [0.2, 0.25) is 7.37 Å². The lowest BCUT2D eigenvalue weighted by atomic mass is 9.64. The van der Waals surface area contributed by atoms with Crippen LogP contribution in [0.5, 0.6) is 0 Å². The van der Waals surface area contributed by atoms with Crippen LogP contribution in [0.1, 0.15) is 20.3 Å². The lowest BCUT2D eigenvalue weighted by Gasteiger charge is -2.55. The van der Waals surface area contributed by atoms with Gasteiger partial charge in [-0.3, -0.25) is 4.57 Å². The number of hydrogen-bond acceptors (Lipinski definition) is 1. The highest BCUT2D eigenvalue weighted by molar-refractivity contribution is 7.59. The first kappa shape index (κ1) is 7.82. The van der Waals surface area contributed by atoms with Gasteiger partial charge in [0.15, 0.2) is 0 Å². The summed E-state index contributed by atoms with van der Waals surface area (Å²) in [7, 11) is -2.72. The third-order valence-corrected chi connectivity index (χ3v) is 6.45. The molecular weight excluding hydrogens is 159 g/mol. The molecule has 3 aliphatic rings. The number of hydrogen-bond donors (Lipinski definition) is 1. The molecule has 2 aliphatic heterocycles. The first-order chi connectivity index (χ1) is 5.04. The highest BCUT2D eigenvalue weighted by Crippen LogP contribution is 2.67. The van der Waals surface area contributed by atoms with Crippen molar-refractivity contribution in [2.75, 3.05) is 6.16 Å². The molecule has 2 bridgehead atoms. The zero-order valence-corrected chi connectivity index (χ0v) is 7.92. The third kappa shape index (κ3) is 0.860. The molecule has 64 valence electrons. The predicted molar refractivity (Wildman–Crippen MR) is 44.9 cm³/mol. The van der Waals surface area contributed by atoms with E-state index in [0.717, 1.165) is 12.3 Å². The van der Waals surface area contributed by atoms with Gasteiger partial charge in [-0.1, -0.05) is 13.8 Å². The topological polar surface area (TPSA) is 37.3 Å². The summed E-state index contributed by atoms with van der Waals surface area (Å²) in [5.41, 5.74) is 0.140. The van der Waals surface area contributed by atoms with Crippen LogP contribution < -0.4 is 0 Å². The Hall–Kier alpha value is 0.190. The maximum Gasteiger partial charge on any atom is 0.204 e. The Bertz CT molecular complexity index is 216. The van der Waals surface area contributed by atoms with Crippen LogP contribution in [-0.2, 0) is 4.57 Å². The Morgan fingerprint density at radius 2 is 1.91 bits per heavy atom. The van der Waals surface area contributed by atoms with E-state index in [9.17, 15) is 9.46 Å². The average Bonchev–Trinajstić information content (AvgIpc) is 1.85. The fourth-order valence-corrected chi connectivity index (χ4v) is 5.94. The van der Waals surface area contributed by atoms with E-state index in [4.69, 9.17) is 0 Å². The summed E-state index contributed by atoms with van der Waals surface area (Å²) in [4.78, 5) is 9.58. The van der Waals surface area contributed by atoms with Gasteiger partial charge in [0, 0.05) is 11.8 Å². The molecule has 3 rings (SSSR count). The van der Waals surface area contributed by atoms with Crippen molar-refractivity contribution in [3.8, 4) is 0 Å². The normalized spacial score (nSPS) is 62.1. The minimum Gasteiger partial charge on any atom is -0.344 e. The molecule has 0 aromatic carbocycles. The first-order valence-corrected chi connectivity index (χ1v) is 6.27. The maximum absolute atomic E-state index is 11.6. The zero-order chi connectivity index (χ0) is 8.22. The predicted octanol–water partition coefficient (Wildman–Crippen LogP) is 1.93. The summed E-state index contributed by atoms with van der Waals surface area (Å²) in [6, 6.07) is 0. The molecule has 0 spiro atoms. The lowest BCUT2D eigenvalue weighted by molar-refractivity contribution is 0.0798. The van der Waals surface area contributed by atoms with E-state index in [1.807, 2.05) is 0 Å². The molecule has 3 unspecified atom stereocenters. The lowest BCUT2D eigenvalue weighted by Crippen LogP contribution is -2.52. The Morgan fingerprint density at radius 3 is 2.18 bits per heavy atom. The van der Waals surface area contributed by atoms with Crippen LogP contribution in [-0.4, -0.2) is 16.7 Å². The van der Waals surface area contributed by atoms with Crippen molar-refractivity contribution < 1.29 is 9.46 Å². The SMILES string of the molecule is CC1C2CCP(=O)(O)[C@@H]1[C@H]2C. The van der Waals surface area contributed by atoms with Crippen molar-refractivity contribution in [2.45, 2.75) is 25.9 Å². The van der Waals surface area contributed by atoms with Gasteiger partial charge in [-0.2, -0.15) is 0 Å². The van der Waals surface area contributed by atoms with Gasteiger partial charge in [0.05, 0.1) is 0 Å². The molecule has 2 nitrogen and oxygen atoms in total. The Balaban J connectivity index is 2.27. The molecule has 2 saturated heterocycles. The van der Waals surface area contributed by atoms with E-state index in [2.05, 4.69) is 13.8 Å². The van der Waals surface area contributed by atoms with Crippen molar-refractivity contribution in [1.29, 1.82) is 0 Å². The van der Waals surface area contributed by atoms with Crippen molar-refractivity contribution in [1.82, 2.24) is 0 Å². The molecule has 1 aliphatic carbocycles. The molecule has 3 fully saturated rings. The molecule has 11 heavy (non-hydrogen) atoms. The second kappa shape index (κ2) is 2.11. The van der Waals surface area contributed by atoms with Crippen molar-refractivity contribution in [3.05, 3.63) is 0 Å². The fourth-order valence-electron chi connectivity index (χ4n) is 3.06. The largest absolute Gasteiger partial charge is 0.344 e. The Morgan fingerprint density at radius 1 is 1.36 bits per heavy atom. The van der Waals surface area contributed by atoms with Crippen molar-refractivity contribution >= 4 is 7.37 Å². The van der Waals surface area contributed by atoms with Gasteiger partial charge in [0.25, 0.3) is 0 Å². The molecule has 3 heteroatoms. The second-order valence-corrected chi connectivity index (χ2v) is 6.70. The molecule has 5 atom stereocenters. The molecule has 0 radical (unpaired) electrons. The molecule has 0 aromatic rings. The van der Waals surface area contributed by atoms with E-state index in [1.54, 1.807) is 0 Å². The van der Waals surface area contributed by atoms with E-state index in [0.29, 0.717) is 18.0 Å². The fraction of sp³-hybridized carbons (Fsp3) is 1.00. The van der Waals surface area contributed by atoms with Gasteiger partial charge in [-0.05, 0) is 24.2 Å². The highest BCUT2D eigenvalue weighted by Gasteiger charge is 2.57. The summed E-state index contributed by atoms with van der Waals surface area (Å²) in [6.07, 6.45) is 1.56. The quantitative estimate of drug-likeness (QED) is 0.570. The maximum atomic E-state index is 11.6. The molecular formula is C8H15O2P. The summed E-state index contributed by atoms with van der Waals surface area (Å²) < 4.78 is 11.6. The average molecular weight is 174 g/mol. The monoisotopic (exact) mass is 174 g/mol. The van der Waals surface area contributed by atoms with Crippen LogP contribution >= 0.6 is 7.37 Å². The van der Waals surface area contributed by atoms with Crippen LogP contribution in [0.25, 0.3) is 0 Å². The molecule has 0 aromatic heterocycles. The molecule has 0 amide bonds. The van der Waals surface area contributed by atoms with Gasteiger partial charge < -0.3 is 4.89 Å². The molecule has 1 N–H and O–H groups in total. The Labute approximate surface area is 67.5 Å². The standard InChI is InChI=1S/C8H15O2P/c1-5-7-3-4-11(9,10)8(5)6(7)2/h5-8H,3-4H2,1-2H3,(H,9,10)/t5-,6?,7?,8+/m0/s1. The summed E-state index contributed by atoms with van der Waals surface area (Å²) in [6.45, 7) is 4.24. The summed E-state index contributed by atoms with van der Waals surface area (Å²) >= 11 is 0. The van der Waals surface area contributed by atoms with Crippen molar-refractivity contribution in [2.24, 2.45) is 17.8 Å². The van der Waals surface area contributed by atoms with Gasteiger partial charge in [-0.25, -0.2) is 0 Å². The third-order valence-electron chi connectivity index (χ3n) is 3.68. The highest BCUT2D eigenvalue weighted by atomic mass is 31.2. The van der Waals surface area contributed by atoms with E-state index < -0.39 is 7.37 Å². The first-order valence-electron chi connectivity index (χ1n) is 4.35. The van der Waals surface area contributed by atoms with Crippen molar-refractivity contribution in [3.63, 3.8) is 0 Å². The molecule has 1 saturated carbocycles. The minimum atomic E-state index is -2.72. The van der Waals surface area contributed by atoms with Crippen LogP contribution in [0.4, 0.5) is 0 Å². The van der Waals surface area contributed by atoms with Crippen LogP contribution in [0.3, 0.4) is 0 Å². The van der Waals surface area contributed by atoms with Crippen LogP contribution in [0.15, 0.2) is 0 Å². The van der Waals surface area contributed by atoms with Crippen LogP contribution in [0.2, 0.25) is 0 Å². The zero-order valence-electron chi connectivity index (χ0n) is 7.03. The number of rotatable bonds is 0. The van der Waals surface area contributed by atoms with Gasteiger partial charge in [0.1, 0.15) is 0 Å². The second-order valence-electron chi connectivity index (χ2n) is 4.14. The number of fused-ring (bicyclic) bond motifs is 2. The summed E-state index contributed by atoms with van der Waals surface area (Å²) in [5, 5.41) is 0. The Kier molecular flexibility index (Phi) is 1.50.